The second-order valence-corrected chi connectivity index (χ2v) is 8.24. The highest BCUT2D eigenvalue weighted by molar-refractivity contribution is 7.71. The summed E-state index contributed by atoms with van der Waals surface area (Å²) in [4.78, 5) is 30.4. The van der Waals surface area contributed by atoms with Crippen molar-refractivity contribution >= 4 is 45.3 Å². The molecular formula is C27H19N3O2S. The lowest BCUT2D eigenvalue weighted by molar-refractivity contribution is 0.0976. The second-order valence-electron chi connectivity index (χ2n) is 7.86. The highest BCUT2D eigenvalue weighted by atomic mass is 32.1. The number of nitrogens with zero attached hydrogens (tertiary/aromatic N) is 2. The molecule has 0 aliphatic heterocycles. The van der Waals surface area contributed by atoms with Gasteiger partial charge in [0.2, 0.25) is 4.77 Å². The van der Waals surface area contributed by atoms with Gasteiger partial charge in [-0.05, 0) is 45.9 Å². The molecule has 4 aromatic carbocycles. The molecule has 1 aromatic heterocycles. The van der Waals surface area contributed by atoms with Crippen LogP contribution >= 0.6 is 12.2 Å². The summed E-state index contributed by atoms with van der Waals surface area (Å²) in [5.41, 5.74) is 2.02. The Balaban J connectivity index is 1.41. The molecule has 0 saturated heterocycles. The molecule has 160 valence electrons. The Bertz CT molecular complexity index is 1590. The third-order valence-corrected chi connectivity index (χ3v) is 5.84. The monoisotopic (exact) mass is 449 g/mol. The number of fused-ring (bicyclic) bond motifs is 2. The Labute approximate surface area is 195 Å². The number of ketones is 2. The maximum Gasteiger partial charge on any atom is 0.213 e. The van der Waals surface area contributed by atoms with Crippen LogP contribution in [0.15, 0.2) is 84.9 Å². The minimum atomic E-state index is -0.102. The van der Waals surface area contributed by atoms with Crippen LogP contribution < -0.4 is 0 Å². The van der Waals surface area contributed by atoms with Gasteiger partial charge in [-0.1, -0.05) is 72.8 Å². The molecule has 5 aromatic rings. The molecule has 5 rings (SSSR count). The van der Waals surface area contributed by atoms with E-state index in [1.54, 1.807) is 0 Å². The van der Waals surface area contributed by atoms with E-state index < -0.39 is 0 Å². The SMILES string of the molecule is O=C(Cc1n[nH]c(=S)nc1CC(=O)c1ccc2ccccc2c1)c1ccc2ccccc2c1. The lowest BCUT2D eigenvalue weighted by Gasteiger charge is -2.08. The molecule has 0 atom stereocenters. The molecule has 0 aliphatic rings. The molecular weight excluding hydrogens is 430 g/mol. The minimum Gasteiger partial charge on any atom is -0.294 e. The topological polar surface area (TPSA) is 75.7 Å². The van der Waals surface area contributed by atoms with Gasteiger partial charge in [0.15, 0.2) is 11.6 Å². The van der Waals surface area contributed by atoms with Crippen LogP contribution in [-0.4, -0.2) is 26.7 Å². The molecule has 1 heterocycles. The van der Waals surface area contributed by atoms with Gasteiger partial charge in [-0.15, -0.1) is 0 Å². The van der Waals surface area contributed by atoms with Gasteiger partial charge in [0.1, 0.15) is 0 Å². The normalized spacial score (nSPS) is 11.0. The molecule has 6 heteroatoms. The predicted octanol–water partition coefficient (Wildman–Crippen LogP) is 5.69. The number of hydrogen-bond donors (Lipinski definition) is 1. The summed E-state index contributed by atoms with van der Waals surface area (Å²) in [5.74, 6) is -0.199. The molecule has 0 radical (unpaired) electrons. The van der Waals surface area contributed by atoms with E-state index in [0.717, 1.165) is 21.5 Å². The zero-order chi connectivity index (χ0) is 22.8. The van der Waals surface area contributed by atoms with E-state index in [-0.39, 0.29) is 29.2 Å². The van der Waals surface area contributed by atoms with Gasteiger partial charge >= 0.3 is 0 Å². The number of aromatic amines is 1. The highest BCUT2D eigenvalue weighted by Gasteiger charge is 2.17. The summed E-state index contributed by atoms with van der Waals surface area (Å²) in [6.07, 6.45) is 0.0434. The quantitative estimate of drug-likeness (QED) is 0.266. The number of H-pyrrole nitrogens is 1. The fraction of sp³-hybridized carbons (Fsp3) is 0.0741. The number of nitrogens with one attached hydrogen (secondary N) is 1. The van der Waals surface area contributed by atoms with Gasteiger partial charge < -0.3 is 0 Å². The van der Waals surface area contributed by atoms with E-state index in [9.17, 15) is 9.59 Å². The fourth-order valence-electron chi connectivity index (χ4n) is 3.91. The Morgan fingerprint density at radius 1 is 0.667 bits per heavy atom. The predicted molar refractivity (Wildman–Crippen MR) is 131 cm³/mol. The number of Topliss-reactive ketones (excluding diaryl/α,β-unsaturated/α-hetero) is 2. The van der Waals surface area contributed by atoms with Gasteiger partial charge in [-0.3, -0.25) is 14.7 Å². The summed E-state index contributed by atoms with van der Waals surface area (Å²) in [7, 11) is 0. The molecule has 0 fully saturated rings. The number of aromatic nitrogens is 3. The maximum absolute atomic E-state index is 13.0. The van der Waals surface area contributed by atoms with Crippen LogP contribution in [0.25, 0.3) is 21.5 Å². The van der Waals surface area contributed by atoms with Crippen LogP contribution in [0.2, 0.25) is 0 Å². The van der Waals surface area contributed by atoms with Crippen LogP contribution in [-0.2, 0) is 12.8 Å². The molecule has 5 nitrogen and oxygen atoms in total. The lowest BCUT2D eigenvalue weighted by Crippen LogP contribution is -2.14. The van der Waals surface area contributed by atoms with Gasteiger partial charge in [0.05, 0.1) is 24.2 Å². The molecule has 0 unspecified atom stereocenters. The second kappa shape index (κ2) is 8.84. The van der Waals surface area contributed by atoms with Crippen molar-refractivity contribution < 1.29 is 9.59 Å². The zero-order valence-electron chi connectivity index (χ0n) is 17.6. The van der Waals surface area contributed by atoms with Crippen molar-refractivity contribution in [1.82, 2.24) is 15.2 Å². The largest absolute Gasteiger partial charge is 0.294 e. The Hall–Kier alpha value is -4.03. The van der Waals surface area contributed by atoms with Crippen LogP contribution in [0.5, 0.6) is 0 Å². The standard InChI is InChI=1S/C27H19N3O2S/c31-25(21-11-9-17-5-1-3-7-19(17)13-21)15-23-24(29-30-27(33)28-23)16-26(32)22-12-10-18-6-2-4-8-20(18)14-22/h1-14H,15-16H2,(H,28,30,33). The molecule has 0 aliphatic carbocycles. The van der Waals surface area contributed by atoms with Crippen LogP contribution in [0.1, 0.15) is 32.1 Å². The first-order valence-corrected chi connectivity index (χ1v) is 11.0. The average molecular weight is 450 g/mol. The van der Waals surface area contributed by atoms with E-state index >= 15 is 0 Å². The van der Waals surface area contributed by atoms with E-state index in [1.807, 2.05) is 84.9 Å². The van der Waals surface area contributed by atoms with Crippen molar-refractivity contribution in [3.8, 4) is 0 Å². The summed E-state index contributed by atoms with van der Waals surface area (Å²) in [5, 5.41) is 11.0. The van der Waals surface area contributed by atoms with Gasteiger partial charge in [0, 0.05) is 11.1 Å². The number of carbonyl (C=O) groups excluding carboxylic acids is 2. The third-order valence-electron chi connectivity index (χ3n) is 5.66. The third kappa shape index (κ3) is 4.47. The van der Waals surface area contributed by atoms with E-state index in [2.05, 4.69) is 15.2 Å². The summed E-state index contributed by atoms with van der Waals surface area (Å²) < 4.78 is 0.179. The van der Waals surface area contributed by atoms with Crippen molar-refractivity contribution in [3.63, 3.8) is 0 Å². The molecule has 0 amide bonds. The molecule has 0 bridgehead atoms. The van der Waals surface area contributed by atoms with Crippen molar-refractivity contribution in [3.05, 3.63) is 112 Å². The first-order valence-electron chi connectivity index (χ1n) is 10.6. The Morgan fingerprint density at radius 3 is 1.70 bits per heavy atom. The van der Waals surface area contributed by atoms with Gasteiger partial charge in [-0.25, -0.2) is 4.98 Å². The summed E-state index contributed by atoms with van der Waals surface area (Å²) in [6, 6.07) is 27.0. The van der Waals surface area contributed by atoms with Crippen LogP contribution in [0, 0.1) is 4.77 Å². The number of hydrogen-bond acceptors (Lipinski definition) is 5. The zero-order valence-corrected chi connectivity index (χ0v) is 18.4. The number of rotatable bonds is 6. The van der Waals surface area contributed by atoms with Gasteiger partial charge in [-0.2, -0.15) is 5.10 Å². The molecule has 0 saturated carbocycles. The minimum absolute atomic E-state index is 0.0179. The molecule has 1 N–H and O–H groups in total. The van der Waals surface area contributed by atoms with E-state index in [1.165, 1.54) is 0 Å². The summed E-state index contributed by atoms with van der Waals surface area (Å²) in [6.45, 7) is 0. The smallest absolute Gasteiger partial charge is 0.213 e. The van der Waals surface area contributed by atoms with E-state index in [0.29, 0.717) is 22.5 Å². The lowest BCUT2D eigenvalue weighted by atomic mass is 9.99. The van der Waals surface area contributed by atoms with Crippen LogP contribution in [0.4, 0.5) is 0 Å². The van der Waals surface area contributed by atoms with Crippen molar-refractivity contribution in [2.45, 2.75) is 12.8 Å². The first-order chi connectivity index (χ1) is 16.1. The first kappa shape index (κ1) is 20.8. The van der Waals surface area contributed by atoms with Gasteiger partial charge in [0.25, 0.3) is 0 Å². The fourth-order valence-corrected chi connectivity index (χ4v) is 4.06. The van der Waals surface area contributed by atoms with Crippen molar-refractivity contribution in [2.24, 2.45) is 0 Å². The molecule has 0 spiro atoms. The Kier molecular flexibility index (Phi) is 5.59. The highest BCUT2D eigenvalue weighted by Crippen LogP contribution is 2.19. The van der Waals surface area contributed by atoms with Crippen LogP contribution in [0.3, 0.4) is 0 Å². The Morgan fingerprint density at radius 2 is 1.15 bits per heavy atom. The van der Waals surface area contributed by atoms with E-state index in [4.69, 9.17) is 12.2 Å². The number of benzene rings is 4. The average Bonchev–Trinajstić information content (AvgIpc) is 2.85. The maximum atomic E-state index is 13.0. The van der Waals surface area contributed by atoms with Crippen molar-refractivity contribution in [1.29, 1.82) is 0 Å². The molecule has 33 heavy (non-hydrogen) atoms. The summed E-state index contributed by atoms with van der Waals surface area (Å²) >= 11 is 5.13. The van der Waals surface area contributed by atoms with Crippen molar-refractivity contribution in [2.75, 3.05) is 0 Å². The number of carbonyl (C=O) groups is 2.